The van der Waals surface area contributed by atoms with Crippen LogP contribution in [0.1, 0.15) is 22.4 Å². The van der Waals surface area contributed by atoms with Gasteiger partial charge < -0.3 is 19.5 Å². The number of nitrogens with zero attached hydrogens (tertiary/aromatic N) is 4. The monoisotopic (exact) mass is 509 g/mol. The van der Waals surface area contributed by atoms with E-state index in [0.29, 0.717) is 25.5 Å². The first-order chi connectivity index (χ1) is 18.4. The average molecular weight is 510 g/mol. The first kappa shape index (κ1) is 25.2. The predicted octanol–water partition coefficient (Wildman–Crippen LogP) is 4.21. The number of hydrogen-bond acceptors (Lipinski definition) is 5. The number of nitrogens with one attached hydrogen (secondary N) is 1. The van der Waals surface area contributed by atoms with Crippen LogP contribution in [0.15, 0.2) is 72.9 Å². The molecule has 2 aromatic heterocycles. The second-order valence-electron chi connectivity index (χ2n) is 9.60. The van der Waals surface area contributed by atoms with Gasteiger partial charge in [-0.25, -0.2) is 4.98 Å². The molecule has 38 heavy (non-hydrogen) atoms. The standard InChI is InChI=1S/C30H31N5O3/c1-33(19-25-15-23-6-4-5-7-27(23)34(25)2)29(37)13-10-22-14-24-18-35(20-28(36)32-30(24)31-16-22)17-21-8-11-26(38-3)12-9-21/h4-16H,17-20H2,1-3H3,(H,31,32,36)/b13-10+. The smallest absolute Gasteiger partial charge is 0.246 e. The lowest BCUT2D eigenvalue weighted by molar-refractivity contribution is -0.125. The summed E-state index contributed by atoms with van der Waals surface area (Å²) in [5.41, 5.74) is 5.00. The summed E-state index contributed by atoms with van der Waals surface area (Å²) in [7, 11) is 5.46. The maximum atomic E-state index is 12.9. The average Bonchev–Trinajstić information content (AvgIpc) is 3.13. The Morgan fingerprint density at radius 3 is 2.68 bits per heavy atom. The van der Waals surface area contributed by atoms with E-state index in [1.165, 1.54) is 0 Å². The van der Waals surface area contributed by atoms with E-state index >= 15 is 0 Å². The number of pyridine rings is 1. The maximum absolute atomic E-state index is 12.9. The van der Waals surface area contributed by atoms with E-state index in [9.17, 15) is 9.59 Å². The molecule has 5 rings (SSSR count). The van der Waals surface area contributed by atoms with E-state index in [1.807, 2.05) is 49.5 Å². The van der Waals surface area contributed by atoms with E-state index in [1.54, 1.807) is 37.4 Å². The molecule has 0 saturated heterocycles. The van der Waals surface area contributed by atoms with Crippen LogP contribution in [-0.4, -0.2) is 51.9 Å². The van der Waals surface area contributed by atoms with E-state index < -0.39 is 0 Å². The lowest BCUT2D eigenvalue weighted by Crippen LogP contribution is -2.29. The van der Waals surface area contributed by atoms with Gasteiger partial charge in [0.05, 0.1) is 20.2 Å². The van der Waals surface area contributed by atoms with E-state index in [0.717, 1.165) is 39.0 Å². The second kappa shape index (κ2) is 10.9. The number of hydrogen-bond donors (Lipinski definition) is 1. The summed E-state index contributed by atoms with van der Waals surface area (Å²) in [4.78, 5) is 33.6. The molecule has 0 atom stereocenters. The lowest BCUT2D eigenvalue weighted by atomic mass is 10.1. The molecule has 0 aliphatic carbocycles. The highest BCUT2D eigenvalue weighted by Crippen LogP contribution is 2.23. The fourth-order valence-electron chi connectivity index (χ4n) is 4.74. The van der Waals surface area contributed by atoms with Crippen molar-refractivity contribution in [3.8, 4) is 5.75 Å². The number of anilines is 1. The third-order valence-corrected chi connectivity index (χ3v) is 6.82. The van der Waals surface area contributed by atoms with E-state index in [2.05, 4.69) is 38.0 Å². The number of aromatic nitrogens is 2. The molecule has 0 saturated carbocycles. The van der Waals surface area contributed by atoms with Gasteiger partial charge in [0.2, 0.25) is 11.8 Å². The zero-order chi connectivity index (χ0) is 26.6. The number of rotatable bonds is 7. The summed E-state index contributed by atoms with van der Waals surface area (Å²) < 4.78 is 7.35. The highest BCUT2D eigenvalue weighted by Gasteiger charge is 2.20. The van der Waals surface area contributed by atoms with Crippen LogP contribution in [0.5, 0.6) is 5.75 Å². The number of amides is 2. The van der Waals surface area contributed by atoms with Crippen LogP contribution in [0.3, 0.4) is 0 Å². The van der Waals surface area contributed by atoms with Crippen molar-refractivity contribution in [3.63, 3.8) is 0 Å². The summed E-state index contributed by atoms with van der Waals surface area (Å²) in [6.07, 6.45) is 5.01. The van der Waals surface area contributed by atoms with Gasteiger partial charge in [0, 0.05) is 56.2 Å². The molecular formula is C30H31N5O3. The Morgan fingerprint density at radius 2 is 1.92 bits per heavy atom. The number of ether oxygens (including phenoxy) is 1. The number of likely N-dealkylation sites (N-methyl/N-ethyl adjacent to an activating group) is 1. The van der Waals surface area contributed by atoms with Crippen LogP contribution < -0.4 is 10.1 Å². The van der Waals surface area contributed by atoms with Gasteiger partial charge in [-0.3, -0.25) is 14.5 Å². The minimum absolute atomic E-state index is 0.0976. The Morgan fingerprint density at radius 1 is 1.13 bits per heavy atom. The van der Waals surface area contributed by atoms with Crippen LogP contribution in [-0.2, 0) is 36.3 Å². The molecule has 0 radical (unpaired) electrons. The molecule has 1 aliphatic heterocycles. The Balaban J connectivity index is 1.27. The molecule has 2 amide bonds. The first-order valence-electron chi connectivity index (χ1n) is 12.5. The summed E-state index contributed by atoms with van der Waals surface area (Å²) in [6.45, 7) is 1.95. The van der Waals surface area contributed by atoms with Crippen molar-refractivity contribution >= 4 is 34.6 Å². The van der Waals surface area contributed by atoms with Gasteiger partial charge in [-0.15, -0.1) is 0 Å². The van der Waals surface area contributed by atoms with Crippen molar-refractivity contribution in [1.29, 1.82) is 0 Å². The van der Waals surface area contributed by atoms with Crippen LogP contribution in [0.4, 0.5) is 5.82 Å². The fraction of sp³-hybridized carbons (Fsp3) is 0.233. The third-order valence-electron chi connectivity index (χ3n) is 6.82. The van der Waals surface area contributed by atoms with E-state index in [4.69, 9.17) is 4.74 Å². The molecule has 4 aromatic rings. The fourth-order valence-corrected chi connectivity index (χ4v) is 4.74. The largest absolute Gasteiger partial charge is 0.497 e. The highest BCUT2D eigenvalue weighted by molar-refractivity contribution is 5.93. The SMILES string of the molecule is COc1ccc(CN2CC(=O)Nc3ncc(/C=C/C(=O)N(C)Cc4cc5ccccc5n4C)cc3C2)cc1. The van der Waals surface area contributed by atoms with Crippen LogP contribution in [0, 0.1) is 0 Å². The van der Waals surface area contributed by atoms with Gasteiger partial charge >= 0.3 is 0 Å². The number of aryl methyl sites for hydroxylation is 1. The van der Waals surface area contributed by atoms with Crippen LogP contribution in [0.2, 0.25) is 0 Å². The quantitative estimate of drug-likeness (QED) is 0.378. The van der Waals surface area contributed by atoms with Crippen LogP contribution >= 0.6 is 0 Å². The Hall–Kier alpha value is -4.43. The van der Waals surface area contributed by atoms with Crippen molar-refractivity contribution in [2.24, 2.45) is 7.05 Å². The second-order valence-corrected chi connectivity index (χ2v) is 9.60. The number of carbonyl (C=O) groups excluding carboxylic acids is 2. The molecule has 0 fully saturated rings. The molecule has 194 valence electrons. The molecule has 1 aliphatic rings. The topological polar surface area (TPSA) is 79.7 Å². The molecule has 0 bridgehead atoms. The molecule has 1 N–H and O–H groups in total. The molecular weight excluding hydrogens is 478 g/mol. The zero-order valence-corrected chi connectivity index (χ0v) is 21.8. The highest BCUT2D eigenvalue weighted by atomic mass is 16.5. The predicted molar refractivity (Wildman–Crippen MR) is 148 cm³/mol. The summed E-state index contributed by atoms with van der Waals surface area (Å²) >= 11 is 0. The van der Waals surface area contributed by atoms with Crippen molar-refractivity contribution in [2.45, 2.75) is 19.6 Å². The van der Waals surface area contributed by atoms with Crippen molar-refractivity contribution in [3.05, 3.63) is 95.3 Å². The number of methoxy groups -OCH3 is 1. The molecule has 0 unspecified atom stereocenters. The third kappa shape index (κ3) is 5.60. The van der Waals surface area contributed by atoms with Gasteiger partial charge in [0.1, 0.15) is 11.6 Å². The Labute approximate surface area is 222 Å². The van der Waals surface area contributed by atoms with Gasteiger partial charge in [-0.05, 0) is 52.9 Å². The zero-order valence-electron chi connectivity index (χ0n) is 21.8. The summed E-state index contributed by atoms with van der Waals surface area (Å²) in [5.74, 6) is 1.16. The van der Waals surface area contributed by atoms with Gasteiger partial charge in [-0.2, -0.15) is 0 Å². The lowest BCUT2D eigenvalue weighted by Gasteiger charge is -2.19. The van der Waals surface area contributed by atoms with Gasteiger partial charge in [-0.1, -0.05) is 30.3 Å². The number of carbonyl (C=O) groups is 2. The van der Waals surface area contributed by atoms with E-state index in [-0.39, 0.29) is 18.4 Å². The number of para-hydroxylation sites is 1. The van der Waals surface area contributed by atoms with Crippen molar-refractivity contribution in [2.75, 3.05) is 26.0 Å². The minimum atomic E-state index is -0.0989. The molecule has 3 heterocycles. The molecule has 2 aromatic carbocycles. The first-order valence-corrected chi connectivity index (χ1v) is 12.5. The Kier molecular flexibility index (Phi) is 7.24. The minimum Gasteiger partial charge on any atom is -0.497 e. The number of fused-ring (bicyclic) bond motifs is 2. The molecule has 8 nitrogen and oxygen atoms in total. The van der Waals surface area contributed by atoms with Crippen molar-refractivity contribution < 1.29 is 14.3 Å². The van der Waals surface area contributed by atoms with Crippen LogP contribution in [0.25, 0.3) is 17.0 Å². The molecule has 8 heteroatoms. The van der Waals surface area contributed by atoms with Gasteiger partial charge in [0.15, 0.2) is 0 Å². The Bertz CT molecular complexity index is 1510. The van der Waals surface area contributed by atoms with Gasteiger partial charge in [0.25, 0.3) is 0 Å². The maximum Gasteiger partial charge on any atom is 0.246 e. The summed E-state index contributed by atoms with van der Waals surface area (Å²) in [6, 6.07) is 20.1. The normalized spacial score (nSPS) is 13.8. The summed E-state index contributed by atoms with van der Waals surface area (Å²) in [5, 5.41) is 4.05. The van der Waals surface area contributed by atoms with Crippen molar-refractivity contribution in [1.82, 2.24) is 19.4 Å². The number of benzene rings is 2. The molecule has 0 spiro atoms.